The van der Waals surface area contributed by atoms with Crippen LogP contribution in [0.1, 0.15) is 45.0 Å². The SMILES string of the molecule is CCN(CC)C(=O)c1cc(NC(=O)C(C)(C)C)c(=O)n(C)c1. The van der Waals surface area contributed by atoms with Crippen LogP contribution in [0.3, 0.4) is 0 Å². The van der Waals surface area contributed by atoms with Gasteiger partial charge in [0.15, 0.2) is 0 Å². The van der Waals surface area contributed by atoms with Crippen LogP contribution in [-0.4, -0.2) is 34.4 Å². The van der Waals surface area contributed by atoms with Gasteiger partial charge in [-0.25, -0.2) is 0 Å². The molecule has 0 bridgehead atoms. The Kier molecular flexibility index (Phi) is 5.52. The molecular weight excluding hydrogens is 282 g/mol. The summed E-state index contributed by atoms with van der Waals surface area (Å²) in [4.78, 5) is 38.3. The fraction of sp³-hybridized carbons (Fsp3) is 0.562. The summed E-state index contributed by atoms with van der Waals surface area (Å²) < 4.78 is 1.31. The number of aryl methyl sites for hydroxylation is 1. The number of rotatable bonds is 4. The molecule has 22 heavy (non-hydrogen) atoms. The molecule has 122 valence electrons. The molecule has 1 heterocycles. The molecule has 0 atom stereocenters. The first-order valence-electron chi connectivity index (χ1n) is 7.43. The third-order valence-corrected chi connectivity index (χ3v) is 3.41. The fourth-order valence-electron chi connectivity index (χ4n) is 1.92. The van der Waals surface area contributed by atoms with Crippen LogP contribution in [-0.2, 0) is 11.8 Å². The second-order valence-electron chi connectivity index (χ2n) is 6.24. The molecule has 6 nitrogen and oxygen atoms in total. The summed E-state index contributed by atoms with van der Waals surface area (Å²) in [6.45, 7) is 10.2. The second-order valence-corrected chi connectivity index (χ2v) is 6.24. The Labute approximate surface area is 131 Å². The van der Waals surface area contributed by atoms with Gasteiger partial charge in [0, 0.05) is 31.7 Å². The average molecular weight is 307 g/mol. The summed E-state index contributed by atoms with van der Waals surface area (Å²) in [5.41, 5.74) is -0.451. The Morgan fingerprint density at radius 1 is 1.23 bits per heavy atom. The quantitative estimate of drug-likeness (QED) is 0.923. The predicted molar refractivity (Wildman–Crippen MR) is 87.0 cm³/mol. The summed E-state index contributed by atoms with van der Waals surface area (Å²) >= 11 is 0. The highest BCUT2D eigenvalue weighted by Gasteiger charge is 2.23. The molecule has 0 radical (unpaired) electrons. The van der Waals surface area contributed by atoms with Gasteiger partial charge < -0.3 is 14.8 Å². The molecule has 0 aromatic carbocycles. The van der Waals surface area contributed by atoms with E-state index in [1.807, 2.05) is 13.8 Å². The maximum absolute atomic E-state index is 12.4. The minimum absolute atomic E-state index is 0.125. The van der Waals surface area contributed by atoms with Crippen LogP contribution >= 0.6 is 0 Å². The first-order valence-corrected chi connectivity index (χ1v) is 7.43. The topological polar surface area (TPSA) is 71.4 Å². The number of hydrogen-bond donors (Lipinski definition) is 1. The standard InChI is InChI=1S/C16H25N3O3/c1-7-19(8-2)13(20)11-9-12(14(21)18(6)10-11)17-15(22)16(3,4)5/h9-10H,7-8H2,1-6H3,(H,17,22). The van der Waals surface area contributed by atoms with Crippen LogP contribution in [0.5, 0.6) is 0 Å². The van der Waals surface area contributed by atoms with Crippen LogP contribution < -0.4 is 10.9 Å². The highest BCUT2D eigenvalue weighted by atomic mass is 16.2. The number of nitrogens with one attached hydrogen (secondary N) is 1. The van der Waals surface area contributed by atoms with Gasteiger partial charge in [0.05, 0.1) is 5.56 Å². The van der Waals surface area contributed by atoms with Gasteiger partial charge in [0.2, 0.25) is 5.91 Å². The lowest BCUT2D eigenvalue weighted by molar-refractivity contribution is -0.123. The number of carbonyl (C=O) groups excluding carboxylic acids is 2. The Balaban J connectivity index is 3.23. The molecule has 0 aliphatic rings. The molecule has 0 unspecified atom stereocenters. The van der Waals surface area contributed by atoms with Crippen LogP contribution in [0.2, 0.25) is 0 Å². The van der Waals surface area contributed by atoms with E-state index >= 15 is 0 Å². The highest BCUT2D eigenvalue weighted by Crippen LogP contribution is 2.16. The third-order valence-electron chi connectivity index (χ3n) is 3.41. The highest BCUT2D eigenvalue weighted by molar-refractivity contribution is 5.98. The second kappa shape index (κ2) is 6.77. The van der Waals surface area contributed by atoms with E-state index in [9.17, 15) is 14.4 Å². The van der Waals surface area contributed by atoms with Gasteiger partial charge in [-0.05, 0) is 19.9 Å². The molecule has 1 aromatic rings. The average Bonchev–Trinajstić information content (AvgIpc) is 2.43. The molecule has 2 amide bonds. The van der Waals surface area contributed by atoms with Crippen LogP contribution in [0, 0.1) is 5.41 Å². The normalized spacial score (nSPS) is 11.2. The summed E-state index contributed by atoms with van der Waals surface area (Å²) in [7, 11) is 1.56. The van der Waals surface area contributed by atoms with Crippen molar-refractivity contribution in [1.82, 2.24) is 9.47 Å². The number of nitrogens with zero attached hydrogens (tertiary/aromatic N) is 2. The molecule has 6 heteroatoms. The molecule has 1 aromatic heterocycles. The molecule has 0 saturated heterocycles. The van der Waals surface area contributed by atoms with Crippen molar-refractivity contribution in [1.29, 1.82) is 0 Å². The molecule has 1 N–H and O–H groups in total. The number of hydrogen-bond acceptors (Lipinski definition) is 3. The zero-order valence-electron chi connectivity index (χ0n) is 14.2. The lowest BCUT2D eigenvalue weighted by Crippen LogP contribution is -2.34. The fourth-order valence-corrected chi connectivity index (χ4v) is 1.92. The van der Waals surface area contributed by atoms with Crippen LogP contribution in [0.4, 0.5) is 5.69 Å². The maximum atomic E-state index is 12.4. The number of carbonyl (C=O) groups is 2. The van der Waals surface area contributed by atoms with Gasteiger partial charge >= 0.3 is 0 Å². The van der Waals surface area contributed by atoms with E-state index in [0.29, 0.717) is 18.7 Å². The molecule has 0 fully saturated rings. The number of anilines is 1. The first-order chi connectivity index (χ1) is 10.1. The zero-order chi connectivity index (χ0) is 17.1. The summed E-state index contributed by atoms with van der Waals surface area (Å²) in [5.74, 6) is -0.427. The van der Waals surface area contributed by atoms with E-state index in [0.717, 1.165) is 0 Å². The summed E-state index contributed by atoms with van der Waals surface area (Å²) in [6.07, 6.45) is 1.50. The van der Waals surface area contributed by atoms with Crippen molar-refractivity contribution in [2.24, 2.45) is 12.5 Å². The van der Waals surface area contributed by atoms with E-state index in [-0.39, 0.29) is 23.1 Å². The van der Waals surface area contributed by atoms with E-state index in [2.05, 4.69) is 5.32 Å². The number of pyridine rings is 1. The van der Waals surface area contributed by atoms with Crippen molar-refractivity contribution in [2.75, 3.05) is 18.4 Å². The molecule has 0 saturated carbocycles. The Hall–Kier alpha value is -2.11. The number of amides is 2. The van der Waals surface area contributed by atoms with E-state index in [1.165, 1.54) is 16.8 Å². The van der Waals surface area contributed by atoms with Gasteiger partial charge in [-0.15, -0.1) is 0 Å². The minimum Gasteiger partial charge on any atom is -0.339 e. The minimum atomic E-state index is -0.621. The van der Waals surface area contributed by atoms with E-state index < -0.39 is 5.41 Å². The van der Waals surface area contributed by atoms with Gasteiger partial charge in [0.25, 0.3) is 11.5 Å². The smallest absolute Gasteiger partial charge is 0.274 e. The molecule has 1 rings (SSSR count). The first kappa shape index (κ1) is 17.9. The van der Waals surface area contributed by atoms with Gasteiger partial charge in [-0.1, -0.05) is 20.8 Å². The molecule has 0 aliphatic heterocycles. The van der Waals surface area contributed by atoms with Crippen LogP contribution in [0.15, 0.2) is 17.1 Å². The Bertz CT molecular complexity index is 623. The third kappa shape index (κ3) is 3.96. The van der Waals surface area contributed by atoms with Gasteiger partial charge in [-0.3, -0.25) is 14.4 Å². The van der Waals surface area contributed by atoms with Crippen molar-refractivity contribution >= 4 is 17.5 Å². The molecule has 0 aliphatic carbocycles. The van der Waals surface area contributed by atoms with Crippen molar-refractivity contribution in [3.63, 3.8) is 0 Å². The largest absolute Gasteiger partial charge is 0.339 e. The zero-order valence-corrected chi connectivity index (χ0v) is 14.2. The molecular formula is C16H25N3O3. The monoisotopic (exact) mass is 307 g/mol. The van der Waals surface area contributed by atoms with Crippen molar-refractivity contribution < 1.29 is 9.59 Å². The lowest BCUT2D eigenvalue weighted by atomic mass is 9.95. The molecule has 0 spiro atoms. The Morgan fingerprint density at radius 3 is 2.23 bits per heavy atom. The Morgan fingerprint density at radius 2 is 1.77 bits per heavy atom. The van der Waals surface area contributed by atoms with Gasteiger partial charge in [0.1, 0.15) is 5.69 Å². The summed E-state index contributed by atoms with van der Waals surface area (Å²) in [6, 6.07) is 1.45. The van der Waals surface area contributed by atoms with E-state index in [1.54, 1.807) is 32.7 Å². The van der Waals surface area contributed by atoms with Crippen molar-refractivity contribution in [2.45, 2.75) is 34.6 Å². The van der Waals surface area contributed by atoms with Crippen LogP contribution in [0.25, 0.3) is 0 Å². The van der Waals surface area contributed by atoms with E-state index in [4.69, 9.17) is 0 Å². The van der Waals surface area contributed by atoms with Gasteiger partial charge in [-0.2, -0.15) is 0 Å². The number of aromatic nitrogens is 1. The van der Waals surface area contributed by atoms with Crippen molar-refractivity contribution in [3.05, 3.63) is 28.2 Å². The van der Waals surface area contributed by atoms with Crippen molar-refractivity contribution in [3.8, 4) is 0 Å². The lowest BCUT2D eigenvalue weighted by Gasteiger charge is -2.20. The maximum Gasteiger partial charge on any atom is 0.274 e. The summed E-state index contributed by atoms with van der Waals surface area (Å²) in [5, 5.41) is 2.62. The predicted octanol–water partition coefficient (Wildman–Crippen LogP) is 1.85.